The summed E-state index contributed by atoms with van der Waals surface area (Å²) in [6.07, 6.45) is 0.410. The van der Waals surface area contributed by atoms with Crippen molar-refractivity contribution in [3.63, 3.8) is 0 Å². The summed E-state index contributed by atoms with van der Waals surface area (Å²) in [6.45, 7) is 3.13. The Morgan fingerprint density at radius 1 is 1.07 bits per heavy atom. The molecule has 4 atom stereocenters. The van der Waals surface area contributed by atoms with E-state index in [4.69, 9.17) is 16.9 Å². The third kappa shape index (κ3) is 5.52. The molecule has 41 heavy (non-hydrogen) atoms. The van der Waals surface area contributed by atoms with Crippen molar-refractivity contribution in [1.82, 2.24) is 10.2 Å². The van der Waals surface area contributed by atoms with Gasteiger partial charge in [0.2, 0.25) is 21.1 Å². The van der Waals surface area contributed by atoms with Gasteiger partial charge in [0, 0.05) is 12.1 Å². The molecule has 11 nitrogen and oxygen atoms in total. The number of sulfone groups is 1. The van der Waals surface area contributed by atoms with Crippen LogP contribution in [0.3, 0.4) is 0 Å². The van der Waals surface area contributed by atoms with Crippen LogP contribution in [0, 0.1) is 11.3 Å². The van der Waals surface area contributed by atoms with Crippen LogP contribution < -0.4 is 16.8 Å². The Balaban J connectivity index is 1.87. The molecular formula is C29H33N5O6S. The number of aliphatic carboxylic acids is 1. The van der Waals surface area contributed by atoms with Crippen molar-refractivity contribution in [1.29, 1.82) is 5.41 Å². The molecule has 0 aliphatic carbocycles. The Labute approximate surface area is 237 Å². The second kappa shape index (κ2) is 11.3. The molecule has 2 amide bonds. The maximum absolute atomic E-state index is 14.3. The zero-order valence-corrected chi connectivity index (χ0v) is 23.5. The van der Waals surface area contributed by atoms with E-state index < -0.39 is 44.6 Å². The number of likely N-dealkylation sites (tertiary alicyclic amines) is 1. The lowest BCUT2D eigenvalue weighted by atomic mass is 9.75. The molecule has 1 aliphatic rings. The van der Waals surface area contributed by atoms with Crippen molar-refractivity contribution >= 4 is 44.2 Å². The van der Waals surface area contributed by atoms with Crippen LogP contribution in [0.25, 0.3) is 10.8 Å². The zero-order chi connectivity index (χ0) is 30.1. The van der Waals surface area contributed by atoms with Gasteiger partial charge in [-0.05, 0) is 54.2 Å². The molecule has 3 unspecified atom stereocenters. The summed E-state index contributed by atoms with van der Waals surface area (Å²) in [7, 11) is -4.58. The van der Waals surface area contributed by atoms with Gasteiger partial charge in [-0.2, -0.15) is 0 Å². The predicted molar refractivity (Wildman–Crippen MR) is 154 cm³/mol. The SMILES string of the molecule is CC1CCN(C(=O)C(NC(=O)[C@H](C)N)S(=O)(=O)c2ccc3ccccc3c2)C(C(=O)O)(c2ccc(C(=N)N)cc2)C1. The van der Waals surface area contributed by atoms with Crippen LogP contribution in [-0.2, 0) is 29.8 Å². The topological polar surface area (TPSA) is 197 Å². The fourth-order valence-electron chi connectivity index (χ4n) is 5.24. The van der Waals surface area contributed by atoms with Gasteiger partial charge in [-0.3, -0.25) is 15.0 Å². The average molecular weight is 580 g/mol. The van der Waals surface area contributed by atoms with E-state index >= 15 is 0 Å². The quantitative estimate of drug-likeness (QED) is 0.197. The van der Waals surface area contributed by atoms with Gasteiger partial charge < -0.3 is 26.8 Å². The lowest BCUT2D eigenvalue weighted by Gasteiger charge is -2.47. The van der Waals surface area contributed by atoms with Crippen LogP contribution in [0.5, 0.6) is 0 Å². The number of hydrogen-bond acceptors (Lipinski definition) is 7. The molecule has 216 valence electrons. The van der Waals surface area contributed by atoms with Crippen molar-refractivity contribution in [2.75, 3.05) is 6.54 Å². The molecule has 0 aromatic heterocycles. The van der Waals surface area contributed by atoms with Gasteiger partial charge in [-0.25, -0.2) is 13.2 Å². The number of benzene rings is 3. The molecule has 12 heteroatoms. The average Bonchev–Trinajstić information content (AvgIpc) is 2.94. The summed E-state index contributed by atoms with van der Waals surface area (Å²) in [5.74, 6) is -3.67. The maximum atomic E-state index is 14.3. The minimum absolute atomic E-state index is 0.00251. The molecule has 0 bridgehead atoms. The van der Waals surface area contributed by atoms with E-state index in [1.807, 2.05) is 6.92 Å². The number of nitrogens with two attached hydrogens (primary N) is 2. The number of carbonyl (C=O) groups excluding carboxylic acids is 2. The number of carboxylic acid groups (broad SMARTS) is 1. The van der Waals surface area contributed by atoms with Gasteiger partial charge in [-0.15, -0.1) is 0 Å². The smallest absolute Gasteiger partial charge is 0.334 e. The Bertz CT molecular complexity index is 1620. The molecule has 3 aromatic rings. The number of amides is 2. The molecule has 0 radical (unpaired) electrons. The molecule has 7 N–H and O–H groups in total. The number of carboxylic acids is 1. The lowest BCUT2D eigenvalue weighted by Crippen LogP contribution is -2.64. The van der Waals surface area contributed by atoms with Crippen molar-refractivity contribution in [3.8, 4) is 0 Å². The molecule has 0 spiro atoms. The van der Waals surface area contributed by atoms with E-state index in [1.165, 1.54) is 43.3 Å². The number of nitrogens with one attached hydrogen (secondary N) is 2. The van der Waals surface area contributed by atoms with Gasteiger partial charge in [0.05, 0.1) is 10.9 Å². The monoisotopic (exact) mass is 579 g/mol. The van der Waals surface area contributed by atoms with Crippen molar-refractivity contribution in [2.45, 2.75) is 48.5 Å². The first-order chi connectivity index (χ1) is 19.3. The molecule has 4 rings (SSSR count). The highest BCUT2D eigenvalue weighted by molar-refractivity contribution is 7.92. The Hall–Kier alpha value is -4.29. The predicted octanol–water partition coefficient (Wildman–Crippen LogP) is 1.93. The first-order valence-electron chi connectivity index (χ1n) is 13.1. The maximum Gasteiger partial charge on any atom is 0.334 e. The minimum atomic E-state index is -4.58. The van der Waals surface area contributed by atoms with Crippen molar-refractivity contribution in [3.05, 3.63) is 77.9 Å². The number of nitrogens with zero attached hydrogens (tertiary/aromatic N) is 1. The Kier molecular flexibility index (Phi) is 8.18. The normalized spacial score (nSPS) is 20.7. The summed E-state index contributed by atoms with van der Waals surface area (Å²) in [5, 5.41) is 19.8. The number of rotatable bonds is 8. The van der Waals surface area contributed by atoms with Crippen LogP contribution >= 0.6 is 0 Å². The number of carbonyl (C=O) groups is 3. The van der Waals surface area contributed by atoms with E-state index in [0.717, 1.165) is 10.3 Å². The van der Waals surface area contributed by atoms with Gasteiger partial charge in [0.1, 0.15) is 5.84 Å². The fourth-order valence-corrected chi connectivity index (χ4v) is 6.72. The highest BCUT2D eigenvalue weighted by atomic mass is 32.2. The van der Waals surface area contributed by atoms with Crippen LogP contribution in [0.15, 0.2) is 71.6 Å². The third-order valence-corrected chi connectivity index (χ3v) is 9.37. The van der Waals surface area contributed by atoms with Crippen molar-refractivity contribution < 1.29 is 27.9 Å². The molecule has 1 heterocycles. The first kappa shape index (κ1) is 29.7. The second-order valence-corrected chi connectivity index (χ2v) is 12.5. The summed E-state index contributed by atoms with van der Waals surface area (Å²) >= 11 is 0. The van der Waals surface area contributed by atoms with Gasteiger partial charge in [0.25, 0.3) is 5.91 Å². The Morgan fingerprint density at radius 2 is 1.71 bits per heavy atom. The molecular weight excluding hydrogens is 546 g/mol. The largest absolute Gasteiger partial charge is 0.479 e. The zero-order valence-electron chi connectivity index (χ0n) is 22.7. The summed E-state index contributed by atoms with van der Waals surface area (Å²) in [6, 6.07) is 16.2. The fraction of sp³-hybridized carbons (Fsp3) is 0.310. The van der Waals surface area contributed by atoms with E-state index in [0.29, 0.717) is 17.4 Å². The molecule has 0 saturated carbocycles. The van der Waals surface area contributed by atoms with E-state index in [9.17, 15) is 27.9 Å². The summed E-state index contributed by atoms with van der Waals surface area (Å²) in [4.78, 5) is 40.9. The molecule has 1 aliphatic heterocycles. The second-order valence-electron chi connectivity index (χ2n) is 10.5. The highest BCUT2D eigenvalue weighted by Crippen LogP contribution is 2.41. The Morgan fingerprint density at radius 3 is 2.29 bits per heavy atom. The number of fused-ring (bicyclic) bond motifs is 1. The van der Waals surface area contributed by atoms with E-state index in [2.05, 4.69) is 5.32 Å². The number of hydrogen-bond donors (Lipinski definition) is 5. The van der Waals surface area contributed by atoms with Gasteiger partial charge in [-0.1, -0.05) is 61.5 Å². The summed E-state index contributed by atoms with van der Waals surface area (Å²) < 4.78 is 28.1. The van der Waals surface area contributed by atoms with E-state index in [-0.39, 0.29) is 35.2 Å². The number of piperidine rings is 1. The van der Waals surface area contributed by atoms with Crippen LogP contribution in [0.1, 0.15) is 37.8 Å². The first-order valence-corrected chi connectivity index (χ1v) is 14.6. The molecule has 1 saturated heterocycles. The van der Waals surface area contributed by atoms with E-state index in [1.54, 1.807) is 30.3 Å². The van der Waals surface area contributed by atoms with Gasteiger partial charge >= 0.3 is 5.97 Å². The number of nitrogen functional groups attached to an aromatic ring is 1. The van der Waals surface area contributed by atoms with Crippen LogP contribution in [-0.4, -0.2) is 60.0 Å². The molecule has 1 fully saturated rings. The van der Waals surface area contributed by atoms with Crippen molar-refractivity contribution in [2.24, 2.45) is 17.4 Å². The minimum Gasteiger partial charge on any atom is -0.479 e. The number of amidine groups is 1. The van der Waals surface area contributed by atoms with Crippen LogP contribution in [0.4, 0.5) is 0 Å². The standard InChI is InChI=1S/C29H33N5O6S/c1-17-13-14-34(29(16-17,28(37)38)22-10-7-20(8-11-22)24(31)32)27(36)26(33-25(35)18(2)30)41(39,40)23-12-9-19-5-3-4-6-21(19)15-23/h3-12,15,17-18,26H,13-14,16,30H2,1-2H3,(H3,31,32)(H,33,35)(H,37,38)/t17?,18-,26?,29?/m0/s1. The highest BCUT2D eigenvalue weighted by Gasteiger charge is 2.54. The molecule has 3 aromatic carbocycles. The third-order valence-electron chi connectivity index (χ3n) is 7.51. The lowest BCUT2D eigenvalue weighted by molar-refractivity contribution is -0.165. The summed E-state index contributed by atoms with van der Waals surface area (Å²) in [5.41, 5.74) is 9.91. The van der Waals surface area contributed by atoms with Gasteiger partial charge in [0.15, 0.2) is 5.54 Å². The van der Waals surface area contributed by atoms with Crippen LogP contribution in [0.2, 0.25) is 0 Å².